The number of nitrogens with zero attached hydrogens (tertiary/aromatic N) is 2. The van der Waals surface area contributed by atoms with Gasteiger partial charge in [0.1, 0.15) is 11.8 Å². The van der Waals surface area contributed by atoms with Gasteiger partial charge < -0.3 is 9.30 Å². The van der Waals surface area contributed by atoms with Crippen LogP contribution in [-0.2, 0) is 4.74 Å². The third-order valence-electron chi connectivity index (χ3n) is 2.19. The Balaban J connectivity index is 2.27. The fraction of sp³-hybridized carbons (Fsp3) is 0.444. The van der Waals surface area contributed by atoms with Crippen LogP contribution in [0.2, 0.25) is 0 Å². The summed E-state index contributed by atoms with van der Waals surface area (Å²) in [7, 11) is 0. The molecule has 0 amide bonds. The van der Waals surface area contributed by atoms with Gasteiger partial charge in [0.25, 0.3) is 0 Å². The molecule has 12 heavy (non-hydrogen) atoms. The van der Waals surface area contributed by atoms with Crippen LogP contribution in [-0.4, -0.2) is 17.8 Å². The van der Waals surface area contributed by atoms with E-state index < -0.39 is 0 Å². The highest BCUT2D eigenvalue weighted by atomic mass is 16.5. The summed E-state index contributed by atoms with van der Waals surface area (Å²) in [4.78, 5) is 0. The number of hydrogen-bond donors (Lipinski definition) is 0. The Kier molecular flexibility index (Phi) is 1.84. The molecule has 1 aromatic rings. The van der Waals surface area contributed by atoms with Gasteiger partial charge in [-0.1, -0.05) is 0 Å². The van der Waals surface area contributed by atoms with Crippen LogP contribution in [0.15, 0.2) is 18.3 Å². The second-order valence-corrected chi connectivity index (χ2v) is 2.93. The van der Waals surface area contributed by atoms with E-state index in [1.165, 1.54) is 0 Å². The summed E-state index contributed by atoms with van der Waals surface area (Å²) in [5.74, 6) is 0. The predicted molar refractivity (Wildman–Crippen MR) is 43.6 cm³/mol. The smallest absolute Gasteiger partial charge is 0.120 e. The molecule has 0 radical (unpaired) electrons. The maximum Gasteiger partial charge on any atom is 0.120 e. The first-order valence-corrected chi connectivity index (χ1v) is 4.06. The van der Waals surface area contributed by atoms with Gasteiger partial charge in [0.2, 0.25) is 0 Å². The Hall–Kier alpha value is -1.27. The Bertz CT molecular complexity index is 305. The van der Waals surface area contributed by atoms with Gasteiger partial charge >= 0.3 is 0 Å². The molecule has 3 heteroatoms. The van der Waals surface area contributed by atoms with E-state index in [2.05, 4.69) is 6.07 Å². The number of rotatable bonds is 1. The number of nitriles is 1. The highest BCUT2D eigenvalue weighted by molar-refractivity contribution is 5.22. The Morgan fingerprint density at radius 1 is 1.67 bits per heavy atom. The van der Waals surface area contributed by atoms with Gasteiger partial charge in [0.15, 0.2) is 0 Å². The summed E-state index contributed by atoms with van der Waals surface area (Å²) >= 11 is 0. The van der Waals surface area contributed by atoms with Gasteiger partial charge in [-0.05, 0) is 18.6 Å². The van der Waals surface area contributed by atoms with Crippen molar-refractivity contribution in [3.05, 3.63) is 24.0 Å². The van der Waals surface area contributed by atoms with Crippen LogP contribution >= 0.6 is 0 Å². The molecular weight excluding hydrogens is 152 g/mol. The van der Waals surface area contributed by atoms with Crippen molar-refractivity contribution in [3.63, 3.8) is 0 Å². The first kappa shape index (κ1) is 7.38. The van der Waals surface area contributed by atoms with E-state index in [1.54, 1.807) is 0 Å². The third-order valence-corrected chi connectivity index (χ3v) is 2.19. The summed E-state index contributed by atoms with van der Waals surface area (Å²) in [6, 6.07) is 6.26. The molecule has 1 aliphatic rings. The summed E-state index contributed by atoms with van der Waals surface area (Å²) < 4.78 is 7.24. The van der Waals surface area contributed by atoms with Gasteiger partial charge in [-0.3, -0.25) is 0 Å². The third kappa shape index (κ3) is 1.10. The van der Waals surface area contributed by atoms with Crippen molar-refractivity contribution in [2.75, 3.05) is 13.2 Å². The highest BCUT2D eigenvalue weighted by Gasteiger charge is 2.18. The van der Waals surface area contributed by atoms with E-state index in [9.17, 15) is 0 Å². The number of hydrogen-bond acceptors (Lipinski definition) is 2. The molecule has 1 aromatic heterocycles. The zero-order valence-electron chi connectivity index (χ0n) is 6.73. The van der Waals surface area contributed by atoms with Crippen LogP contribution in [0.4, 0.5) is 0 Å². The van der Waals surface area contributed by atoms with Crippen LogP contribution < -0.4 is 0 Å². The highest BCUT2D eigenvalue weighted by Crippen LogP contribution is 2.20. The topological polar surface area (TPSA) is 38.0 Å². The average molecular weight is 162 g/mol. The summed E-state index contributed by atoms with van der Waals surface area (Å²) in [5, 5.41) is 8.76. The zero-order chi connectivity index (χ0) is 8.39. The standard InChI is InChI=1S/C9H10N2O/c10-6-8-2-1-4-11(8)9-3-5-12-7-9/h1-2,4,9H,3,5,7H2. The molecule has 0 bridgehead atoms. The maximum absolute atomic E-state index is 8.76. The van der Waals surface area contributed by atoms with Crippen molar-refractivity contribution in [2.45, 2.75) is 12.5 Å². The quantitative estimate of drug-likeness (QED) is 0.624. The van der Waals surface area contributed by atoms with Gasteiger partial charge in [-0.25, -0.2) is 0 Å². The fourth-order valence-electron chi connectivity index (χ4n) is 1.55. The minimum Gasteiger partial charge on any atom is -0.379 e. The molecule has 1 atom stereocenters. The van der Waals surface area contributed by atoms with Gasteiger partial charge in [0.05, 0.1) is 12.6 Å². The lowest BCUT2D eigenvalue weighted by Gasteiger charge is -2.10. The molecule has 0 aromatic carbocycles. The zero-order valence-corrected chi connectivity index (χ0v) is 6.73. The summed E-state index contributed by atoms with van der Waals surface area (Å²) in [5.41, 5.74) is 0.727. The molecule has 0 aliphatic carbocycles. The van der Waals surface area contributed by atoms with Crippen molar-refractivity contribution < 1.29 is 4.74 Å². The lowest BCUT2D eigenvalue weighted by molar-refractivity contribution is 0.186. The van der Waals surface area contributed by atoms with E-state index in [-0.39, 0.29) is 0 Å². The normalized spacial score (nSPS) is 22.4. The molecular formula is C9H10N2O. The van der Waals surface area contributed by atoms with E-state index in [1.807, 2.05) is 22.9 Å². The lowest BCUT2D eigenvalue weighted by Crippen LogP contribution is -2.08. The van der Waals surface area contributed by atoms with Gasteiger partial charge in [-0.2, -0.15) is 5.26 Å². The van der Waals surface area contributed by atoms with Crippen LogP contribution in [0.1, 0.15) is 18.2 Å². The van der Waals surface area contributed by atoms with Crippen molar-refractivity contribution in [1.82, 2.24) is 4.57 Å². The molecule has 1 unspecified atom stereocenters. The van der Waals surface area contributed by atoms with Crippen molar-refractivity contribution in [1.29, 1.82) is 5.26 Å². The number of ether oxygens (including phenoxy) is 1. The Morgan fingerprint density at radius 2 is 2.58 bits per heavy atom. The van der Waals surface area contributed by atoms with E-state index in [0.29, 0.717) is 6.04 Å². The molecule has 1 saturated heterocycles. The van der Waals surface area contributed by atoms with Crippen LogP contribution in [0.5, 0.6) is 0 Å². The van der Waals surface area contributed by atoms with Crippen molar-refractivity contribution in [3.8, 4) is 6.07 Å². The lowest BCUT2D eigenvalue weighted by atomic mass is 10.2. The maximum atomic E-state index is 8.76. The van der Waals surface area contributed by atoms with Crippen LogP contribution in [0.3, 0.4) is 0 Å². The summed E-state index contributed by atoms with van der Waals surface area (Å²) in [6.45, 7) is 1.55. The van der Waals surface area contributed by atoms with Gasteiger partial charge in [0, 0.05) is 12.8 Å². The molecule has 62 valence electrons. The Morgan fingerprint density at radius 3 is 3.25 bits per heavy atom. The van der Waals surface area contributed by atoms with Crippen LogP contribution in [0, 0.1) is 11.3 Å². The van der Waals surface area contributed by atoms with E-state index in [4.69, 9.17) is 10.00 Å². The number of aromatic nitrogens is 1. The molecule has 0 N–H and O–H groups in total. The fourth-order valence-corrected chi connectivity index (χ4v) is 1.55. The minimum absolute atomic E-state index is 0.370. The average Bonchev–Trinajstić information content (AvgIpc) is 2.74. The molecule has 2 heterocycles. The minimum atomic E-state index is 0.370. The molecule has 0 saturated carbocycles. The largest absolute Gasteiger partial charge is 0.379 e. The first-order chi connectivity index (χ1) is 5.92. The molecule has 2 rings (SSSR count). The molecule has 1 aliphatic heterocycles. The second kappa shape index (κ2) is 3.00. The van der Waals surface area contributed by atoms with E-state index in [0.717, 1.165) is 25.3 Å². The SMILES string of the molecule is N#Cc1cccn1C1CCOC1. The Labute approximate surface area is 71.2 Å². The van der Waals surface area contributed by atoms with Crippen molar-refractivity contribution in [2.24, 2.45) is 0 Å². The molecule has 0 spiro atoms. The predicted octanol–water partition coefficient (Wildman–Crippen LogP) is 1.32. The monoisotopic (exact) mass is 162 g/mol. The molecule has 3 nitrogen and oxygen atoms in total. The second-order valence-electron chi connectivity index (χ2n) is 2.93. The van der Waals surface area contributed by atoms with Crippen LogP contribution in [0.25, 0.3) is 0 Å². The van der Waals surface area contributed by atoms with Crippen molar-refractivity contribution >= 4 is 0 Å². The molecule has 1 fully saturated rings. The summed E-state index contributed by atoms with van der Waals surface area (Å²) in [6.07, 6.45) is 2.96. The first-order valence-electron chi connectivity index (χ1n) is 4.06. The van der Waals surface area contributed by atoms with E-state index >= 15 is 0 Å². The van der Waals surface area contributed by atoms with Gasteiger partial charge in [-0.15, -0.1) is 0 Å².